The summed E-state index contributed by atoms with van der Waals surface area (Å²) in [6.45, 7) is 0. The molecule has 0 radical (unpaired) electrons. The van der Waals surface area contributed by atoms with Crippen LogP contribution in [0.1, 0.15) is 11.3 Å². The zero-order valence-electron chi connectivity index (χ0n) is 10.8. The number of nitrogens with zero attached hydrogens (tertiary/aromatic N) is 2. The minimum Gasteiger partial charge on any atom is -0.297 e. The van der Waals surface area contributed by atoms with Crippen LogP contribution in [0.4, 0.5) is 0 Å². The molecule has 0 saturated carbocycles. The van der Waals surface area contributed by atoms with Gasteiger partial charge in [-0.25, -0.2) is 4.98 Å². The first-order valence-electron chi connectivity index (χ1n) is 6.36. The average molecular weight is 307 g/mol. The second-order valence-corrected chi connectivity index (χ2v) is 6.04. The van der Waals surface area contributed by atoms with Crippen LogP contribution in [-0.2, 0) is 12.8 Å². The van der Waals surface area contributed by atoms with Crippen molar-refractivity contribution in [2.45, 2.75) is 18.9 Å². The molecule has 0 saturated heterocycles. The van der Waals surface area contributed by atoms with Gasteiger partial charge in [0, 0.05) is 35.3 Å². The van der Waals surface area contributed by atoms with Gasteiger partial charge in [-0.1, -0.05) is 23.7 Å². The summed E-state index contributed by atoms with van der Waals surface area (Å²) < 4.78 is 2.03. The molecule has 2 heterocycles. The Labute approximate surface area is 126 Å². The van der Waals surface area contributed by atoms with Gasteiger partial charge in [-0.3, -0.25) is 15.7 Å². The third kappa shape index (κ3) is 3.02. The normalized spacial score (nSPS) is 12.9. The van der Waals surface area contributed by atoms with Gasteiger partial charge < -0.3 is 0 Å². The lowest BCUT2D eigenvalue weighted by molar-refractivity contribution is 0.518. The van der Waals surface area contributed by atoms with Crippen LogP contribution in [0.5, 0.6) is 0 Å². The van der Waals surface area contributed by atoms with E-state index in [4.69, 9.17) is 17.4 Å². The van der Waals surface area contributed by atoms with Crippen molar-refractivity contribution in [2.75, 3.05) is 0 Å². The molecule has 3 aromatic rings. The third-order valence-corrected chi connectivity index (χ3v) is 4.21. The molecule has 1 atom stereocenters. The van der Waals surface area contributed by atoms with Gasteiger partial charge in [-0.05, 0) is 24.1 Å². The quantitative estimate of drug-likeness (QED) is 0.563. The topological polar surface area (TPSA) is 55.3 Å². The zero-order chi connectivity index (χ0) is 13.9. The van der Waals surface area contributed by atoms with Crippen LogP contribution < -0.4 is 11.3 Å². The number of hydrogen-bond donors (Lipinski definition) is 2. The SMILES string of the molecule is NNC(Cc1cccc(Cl)c1)Cc1cn2ccsc2n1. The molecule has 0 fully saturated rings. The Balaban J connectivity index is 1.72. The average Bonchev–Trinajstić information content (AvgIpc) is 2.98. The largest absolute Gasteiger partial charge is 0.297 e. The van der Waals surface area contributed by atoms with Crippen molar-refractivity contribution in [3.8, 4) is 0 Å². The fraction of sp³-hybridized carbons (Fsp3) is 0.214. The van der Waals surface area contributed by atoms with Crippen molar-refractivity contribution in [3.63, 3.8) is 0 Å². The maximum Gasteiger partial charge on any atom is 0.193 e. The van der Waals surface area contributed by atoms with Crippen molar-refractivity contribution < 1.29 is 0 Å². The minimum atomic E-state index is 0.137. The highest BCUT2D eigenvalue weighted by Crippen LogP contribution is 2.15. The van der Waals surface area contributed by atoms with Crippen LogP contribution in [0.3, 0.4) is 0 Å². The van der Waals surface area contributed by atoms with E-state index >= 15 is 0 Å². The molecule has 1 unspecified atom stereocenters. The molecular weight excluding hydrogens is 292 g/mol. The molecule has 2 aromatic heterocycles. The molecule has 3 rings (SSSR count). The Morgan fingerprint density at radius 3 is 3.05 bits per heavy atom. The molecule has 0 aliphatic carbocycles. The fourth-order valence-electron chi connectivity index (χ4n) is 2.27. The summed E-state index contributed by atoms with van der Waals surface area (Å²) in [5.74, 6) is 5.66. The fourth-order valence-corrected chi connectivity index (χ4v) is 3.20. The smallest absolute Gasteiger partial charge is 0.193 e. The van der Waals surface area contributed by atoms with E-state index in [-0.39, 0.29) is 6.04 Å². The number of rotatable bonds is 5. The van der Waals surface area contributed by atoms with Crippen LogP contribution in [0.2, 0.25) is 5.02 Å². The van der Waals surface area contributed by atoms with Gasteiger partial charge in [0.15, 0.2) is 4.96 Å². The predicted molar refractivity (Wildman–Crippen MR) is 83.0 cm³/mol. The molecule has 0 aliphatic heterocycles. The van der Waals surface area contributed by atoms with Crippen molar-refractivity contribution >= 4 is 27.9 Å². The molecule has 20 heavy (non-hydrogen) atoms. The maximum atomic E-state index is 6.00. The van der Waals surface area contributed by atoms with Crippen molar-refractivity contribution in [3.05, 3.63) is 58.3 Å². The molecule has 0 spiro atoms. The van der Waals surface area contributed by atoms with E-state index in [1.807, 2.05) is 40.4 Å². The number of imidazole rings is 1. The van der Waals surface area contributed by atoms with Crippen LogP contribution in [0.25, 0.3) is 4.96 Å². The first-order valence-corrected chi connectivity index (χ1v) is 7.62. The van der Waals surface area contributed by atoms with Crippen molar-refractivity contribution in [2.24, 2.45) is 5.84 Å². The van der Waals surface area contributed by atoms with E-state index in [2.05, 4.69) is 16.5 Å². The van der Waals surface area contributed by atoms with Crippen LogP contribution in [-0.4, -0.2) is 15.4 Å². The summed E-state index contributed by atoms with van der Waals surface area (Å²) in [5.41, 5.74) is 5.08. The Hall–Kier alpha value is -1.40. The van der Waals surface area contributed by atoms with Gasteiger partial charge in [0.1, 0.15) is 0 Å². The van der Waals surface area contributed by atoms with E-state index in [0.717, 1.165) is 28.5 Å². The molecule has 104 valence electrons. The Morgan fingerprint density at radius 2 is 2.30 bits per heavy atom. The number of thiazole rings is 1. The minimum absolute atomic E-state index is 0.137. The Kier molecular flexibility index (Phi) is 4.03. The summed E-state index contributed by atoms with van der Waals surface area (Å²) in [7, 11) is 0. The molecular formula is C14H15ClN4S. The third-order valence-electron chi connectivity index (χ3n) is 3.21. The monoisotopic (exact) mass is 306 g/mol. The van der Waals surface area contributed by atoms with Gasteiger partial charge in [0.25, 0.3) is 0 Å². The van der Waals surface area contributed by atoms with E-state index < -0.39 is 0 Å². The van der Waals surface area contributed by atoms with E-state index in [1.54, 1.807) is 11.3 Å². The Morgan fingerprint density at radius 1 is 1.40 bits per heavy atom. The number of benzene rings is 1. The maximum absolute atomic E-state index is 6.00. The molecule has 3 N–H and O–H groups in total. The first kappa shape index (κ1) is 13.6. The van der Waals surface area contributed by atoms with Crippen LogP contribution in [0, 0.1) is 0 Å². The summed E-state index contributed by atoms with van der Waals surface area (Å²) in [5, 5.41) is 2.78. The highest BCUT2D eigenvalue weighted by atomic mass is 35.5. The number of fused-ring (bicyclic) bond motifs is 1. The number of aromatic nitrogens is 2. The zero-order valence-corrected chi connectivity index (χ0v) is 12.4. The molecule has 0 amide bonds. The lowest BCUT2D eigenvalue weighted by atomic mass is 10.0. The number of nitrogens with two attached hydrogens (primary N) is 1. The number of hydrazine groups is 1. The first-order chi connectivity index (χ1) is 9.74. The van der Waals surface area contributed by atoms with Gasteiger partial charge in [0.05, 0.1) is 5.69 Å². The van der Waals surface area contributed by atoms with E-state index in [0.29, 0.717) is 0 Å². The molecule has 6 heteroatoms. The van der Waals surface area contributed by atoms with Gasteiger partial charge in [-0.2, -0.15) is 0 Å². The molecule has 0 aliphatic rings. The summed E-state index contributed by atoms with van der Waals surface area (Å²) in [6, 6.07) is 8.00. The second kappa shape index (κ2) is 5.93. The summed E-state index contributed by atoms with van der Waals surface area (Å²) in [4.78, 5) is 5.59. The van der Waals surface area contributed by atoms with Crippen molar-refractivity contribution in [1.82, 2.24) is 14.8 Å². The highest BCUT2D eigenvalue weighted by molar-refractivity contribution is 7.15. The van der Waals surface area contributed by atoms with Gasteiger partial charge >= 0.3 is 0 Å². The standard InChI is InChI=1S/C14H15ClN4S/c15-11-3-1-2-10(6-11)7-12(18-16)8-13-9-19-4-5-20-14(19)17-13/h1-6,9,12,18H,7-8,16H2. The Bertz CT molecular complexity index is 677. The number of nitrogens with one attached hydrogen (secondary N) is 1. The van der Waals surface area contributed by atoms with E-state index in [9.17, 15) is 0 Å². The van der Waals surface area contributed by atoms with Gasteiger partial charge in [-0.15, -0.1) is 11.3 Å². The van der Waals surface area contributed by atoms with Crippen LogP contribution in [0.15, 0.2) is 42.0 Å². The highest BCUT2D eigenvalue weighted by Gasteiger charge is 2.12. The number of halogens is 1. The molecule has 0 bridgehead atoms. The second-order valence-electron chi connectivity index (χ2n) is 4.73. The lowest BCUT2D eigenvalue weighted by Gasteiger charge is -2.14. The molecule has 4 nitrogen and oxygen atoms in total. The molecule has 1 aromatic carbocycles. The van der Waals surface area contributed by atoms with E-state index in [1.165, 1.54) is 5.56 Å². The van der Waals surface area contributed by atoms with Crippen molar-refractivity contribution in [1.29, 1.82) is 0 Å². The summed E-state index contributed by atoms with van der Waals surface area (Å²) in [6.07, 6.45) is 5.67. The predicted octanol–water partition coefficient (Wildman–Crippen LogP) is 2.67. The van der Waals surface area contributed by atoms with Crippen LogP contribution >= 0.6 is 22.9 Å². The van der Waals surface area contributed by atoms with Gasteiger partial charge in [0.2, 0.25) is 0 Å². The number of hydrogen-bond acceptors (Lipinski definition) is 4. The lowest BCUT2D eigenvalue weighted by Crippen LogP contribution is -2.38. The summed E-state index contributed by atoms with van der Waals surface area (Å²) >= 11 is 7.64.